The highest BCUT2D eigenvalue weighted by Crippen LogP contribution is 2.29. The van der Waals surface area contributed by atoms with Crippen LogP contribution in [0.4, 0.5) is 0 Å². The van der Waals surface area contributed by atoms with Crippen LogP contribution in [0.2, 0.25) is 0 Å². The molecular formula is C37H56N2O8. The molecule has 262 valence electrons. The monoisotopic (exact) mass is 656 g/mol. The summed E-state index contributed by atoms with van der Waals surface area (Å²) in [6.45, 7) is 5.78. The Labute approximate surface area is 282 Å². The minimum absolute atomic E-state index is 0.150. The van der Waals surface area contributed by atoms with E-state index in [0.29, 0.717) is 32.7 Å². The molecule has 10 nitrogen and oxygen atoms in total. The normalized spacial score (nSPS) is 16.4. The lowest BCUT2D eigenvalue weighted by Crippen LogP contribution is -2.12. The molecule has 0 bridgehead atoms. The zero-order chi connectivity index (χ0) is 34.5. The molecule has 0 unspecified atom stereocenters. The number of unbranched alkanes of at least 4 members (excludes halogenated alkanes) is 2. The van der Waals surface area contributed by atoms with Gasteiger partial charge in [0.2, 0.25) is 0 Å². The van der Waals surface area contributed by atoms with Crippen LogP contribution in [0.5, 0.6) is 0 Å². The minimum Gasteiger partial charge on any atom is -0.461 e. The van der Waals surface area contributed by atoms with Crippen LogP contribution in [-0.4, -0.2) is 79.5 Å². The topological polar surface area (TPSA) is 137 Å². The maximum atomic E-state index is 12.1. The third-order valence-corrected chi connectivity index (χ3v) is 7.71. The molecule has 0 fully saturated rings. The summed E-state index contributed by atoms with van der Waals surface area (Å²) >= 11 is 0. The van der Waals surface area contributed by atoms with Crippen LogP contribution in [0.3, 0.4) is 0 Å². The first kappa shape index (κ1) is 41.7. The lowest BCUT2D eigenvalue weighted by molar-refractivity contribution is -0.139. The number of hydrogen-bond donors (Lipinski definition) is 0. The van der Waals surface area contributed by atoms with Gasteiger partial charge in [-0.25, -0.2) is 9.59 Å². The van der Waals surface area contributed by atoms with E-state index < -0.39 is 11.9 Å². The maximum absolute atomic E-state index is 12.1. The first-order valence-corrected chi connectivity index (χ1v) is 17.0. The number of hydrogen-bond acceptors (Lipinski definition) is 10. The molecule has 10 heteroatoms. The molecule has 0 atom stereocenters. The van der Waals surface area contributed by atoms with E-state index in [1.165, 1.54) is 11.1 Å². The summed E-state index contributed by atoms with van der Waals surface area (Å²) in [5.41, 5.74) is 4.56. The van der Waals surface area contributed by atoms with Crippen molar-refractivity contribution < 1.29 is 38.0 Å². The molecule has 2 aliphatic rings. The van der Waals surface area contributed by atoms with E-state index in [4.69, 9.17) is 28.4 Å². The summed E-state index contributed by atoms with van der Waals surface area (Å²) in [4.78, 5) is 24.2. The van der Waals surface area contributed by atoms with Crippen molar-refractivity contribution in [2.45, 2.75) is 96.8 Å². The zero-order valence-corrected chi connectivity index (χ0v) is 29.2. The quantitative estimate of drug-likeness (QED) is 0.0549. The third kappa shape index (κ3) is 18.6. The molecule has 2 aliphatic carbocycles. The van der Waals surface area contributed by atoms with Gasteiger partial charge in [0.1, 0.15) is 23.3 Å². The molecular weight excluding hydrogens is 600 g/mol. The fourth-order valence-corrected chi connectivity index (χ4v) is 5.26. The van der Waals surface area contributed by atoms with Crippen LogP contribution in [0, 0.1) is 22.7 Å². The largest absolute Gasteiger partial charge is 0.461 e. The van der Waals surface area contributed by atoms with Gasteiger partial charge < -0.3 is 28.4 Å². The van der Waals surface area contributed by atoms with Gasteiger partial charge in [-0.1, -0.05) is 23.3 Å². The van der Waals surface area contributed by atoms with Gasteiger partial charge in [-0.2, -0.15) is 10.5 Å². The second kappa shape index (κ2) is 27.8. The lowest BCUT2D eigenvalue weighted by atomic mass is 9.90. The van der Waals surface area contributed by atoms with Crippen LogP contribution < -0.4 is 0 Å². The molecule has 0 N–H and O–H groups in total. The van der Waals surface area contributed by atoms with Gasteiger partial charge in [-0.15, -0.1) is 0 Å². The van der Waals surface area contributed by atoms with Gasteiger partial charge in [0.25, 0.3) is 0 Å². The zero-order valence-electron chi connectivity index (χ0n) is 29.2. The van der Waals surface area contributed by atoms with Gasteiger partial charge in [-0.3, -0.25) is 0 Å². The van der Waals surface area contributed by atoms with Crippen LogP contribution >= 0.6 is 0 Å². The Kier molecular flexibility index (Phi) is 24.7. The predicted molar refractivity (Wildman–Crippen MR) is 180 cm³/mol. The number of ether oxygens (including phenoxy) is 6. The summed E-state index contributed by atoms with van der Waals surface area (Å²) in [5.74, 6) is -1.03. The van der Waals surface area contributed by atoms with Crippen molar-refractivity contribution in [2.75, 3.05) is 67.6 Å². The van der Waals surface area contributed by atoms with Crippen LogP contribution in [0.25, 0.3) is 0 Å². The fourth-order valence-electron chi connectivity index (χ4n) is 5.26. The van der Waals surface area contributed by atoms with E-state index >= 15 is 0 Å². The average molecular weight is 657 g/mol. The van der Waals surface area contributed by atoms with Crippen LogP contribution in [0.15, 0.2) is 45.6 Å². The van der Waals surface area contributed by atoms with Gasteiger partial charge >= 0.3 is 11.9 Å². The standard InChI is InChI=1S/C19H29NO4.C18H27NO4/c1-3-23-12-7-13-24-19(21)18(15-20)17-10-6-9-16(14-17)8-4-5-11-22-2;1-21-10-4-3-7-15-8-5-9-16(13-15)17(14-19)18(20)23-12-6-11-22-2/h14H,3-13H2,1-2H3;13H,3-12H2,1-2H3/b18-17-;17-16-. The molecule has 0 aromatic heterocycles. The summed E-state index contributed by atoms with van der Waals surface area (Å²) in [7, 11) is 5.02. The summed E-state index contributed by atoms with van der Waals surface area (Å²) in [6, 6.07) is 4.05. The minimum atomic E-state index is -0.518. The summed E-state index contributed by atoms with van der Waals surface area (Å²) in [6.07, 6.45) is 17.1. The smallest absolute Gasteiger partial charge is 0.349 e. The first-order chi connectivity index (χ1) is 22.9. The Morgan fingerprint density at radius 2 is 1.04 bits per heavy atom. The molecule has 0 heterocycles. The van der Waals surface area contributed by atoms with Gasteiger partial charge in [0, 0.05) is 67.2 Å². The Bertz CT molecular complexity index is 1140. The number of carbonyl (C=O) groups is 2. The molecule has 0 amide bonds. The number of esters is 2. The van der Waals surface area contributed by atoms with Crippen molar-refractivity contribution in [3.8, 4) is 12.1 Å². The summed E-state index contributed by atoms with van der Waals surface area (Å²) < 4.78 is 30.6. The van der Waals surface area contributed by atoms with Crippen molar-refractivity contribution in [3.05, 3.63) is 45.6 Å². The van der Waals surface area contributed by atoms with Crippen molar-refractivity contribution in [1.29, 1.82) is 10.5 Å². The van der Waals surface area contributed by atoms with Gasteiger partial charge in [-0.05, 0) is 95.1 Å². The molecule has 0 radical (unpaired) electrons. The Morgan fingerprint density at radius 3 is 1.45 bits per heavy atom. The Hall–Kier alpha value is -3.28. The molecule has 2 rings (SSSR count). The molecule has 47 heavy (non-hydrogen) atoms. The van der Waals surface area contributed by atoms with Crippen molar-refractivity contribution >= 4 is 11.9 Å². The van der Waals surface area contributed by atoms with E-state index in [1.807, 2.05) is 31.2 Å². The number of nitriles is 2. The molecule has 0 saturated carbocycles. The number of allylic oxidation sites excluding steroid dienone is 6. The second-order valence-corrected chi connectivity index (χ2v) is 11.4. The number of carbonyl (C=O) groups excluding carboxylic acids is 2. The SMILES string of the molecule is CCOCCCOC(=O)/C(C#N)=C1\C=C(CCCCOC)CCC1.COCCCCC1=C/C(=C(/C#N)C(=O)OCCCOC)CCC1. The Balaban J connectivity index is 0.000000470. The van der Waals surface area contributed by atoms with Crippen LogP contribution in [0.1, 0.15) is 96.8 Å². The predicted octanol–water partition coefficient (Wildman–Crippen LogP) is 7.02. The lowest BCUT2D eigenvalue weighted by Gasteiger charge is -2.16. The number of nitrogens with zero attached hydrogens (tertiary/aromatic N) is 2. The Morgan fingerprint density at radius 1 is 0.617 bits per heavy atom. The fraction of sp³-hybridized carbons (Fsp3) is 0.676. The molecule has 0 aliphatic heterocycles. The highest BCUT2D eigenvalue weighted by molar-refractivity contribution is 5.94. The average Bonchev–Trinajstić information content (AvgIpc) is 3.08. The highest BCUT2D eigenvalue weighted by Gasteiger charge is 2.20. The molecule has 0 saturated heterocycles. The third-order valence-electron chi connectivity index (χ3n) is 7.71. The number of rotatable bonds is 21. The van der Waals surface area contributed by atoms with Crippen molar-refractivity contribution in [3.63, 3.8) is 0 Å². The van der Waals surface area contributed by atoms with E-state index in [0.717, 1.165) is 101 Å². The van der Waals surface area contributed by atoms with Gasteiger partial charge in [0.05, 0.1) is 13.2 Å². The molecule has 0 aromatic rings. The van der Waals surface area contributed by atoms with E-state index in [1.54, 1.807) is 21.3 Å². The van der Waals surface area contributed by atoms with E-state index in [9.17, 15) is 20.1 Å². The second-order valence-electron chi connectivity index (χ2n) is 11.4. The molecule has 0 spiro atoms. The van der Waals surface area contributed by atoms with Crippen molar-refractivity contribution in [1.82, 2.24) is 0 Å². The van der Waals surface area contributed by atoms with E-state index in [2.05, 4.69) is 0 Å². The van der Waals surface area contributed by atoms with Gasteiger partial charge in [0.15, 0.2) is 0 Å². The molecule has 0 aromatic carbocycles. The highest BCUT2D eigenvalue weighted by atomic mass is 16.5. The summed E-state index contributed by atoms with van der Waals surface area (Å²) in [5, 5.41) is 18.6. The maximum Gasteiger partial charge on any atom is 0.349 e. The first-order valence-electron chi connectivity index (χ1n) is 17.0. The van der Waals surface area contributed by atoms with Crippen molar-refractivity contribution in [2.24, 2.45) is 0 Å². The number of methoxy groups -OCH3 is 3. The van der Waals surface area contributed by atoms with Crippen LogP contribution in [-0.2, 0) is 38.0 Å². The van der Waals surface area contributed by atoms with E-state index in [-0.39, 0.29) is 24.4 Å².